The van der Waals surface area contributed by atoms with Crippen molar-refractivity contribution in [2.45, 2.75) is 49.1 Å². The number of rotatable bonds is 4. The second-order valence-electron chi connectivity index (χ2n) is 5.82. The first kappa shape index (κ1) is 13.2. The summed E-state index contributed by atoms with van der Waals surface area (Å²) >= 11 is 1.97. The zero-order chi connectivity index (χ0) is 14.1. The Balaban J connectivity index is 1.39. The second-order valence-corrected chi connectivity index (χ2v) is 7.11. The number of para-hydroxylation sites is 1. The van der Waals surface area contributed by atoms with Crippen LogP contribution >= 0.6 is 11.8 Å². The summed E-state index contributed by atoms with van der Waals surface area (Å²) in [7, 11) is 0. The molecule has 110 valence electrons. The number of anilines is 1. The van der Waals surface area contributed by atoms with E-state index in [4.69, 9.17) is 4.52 Å². The lowest BCUT2D eigenvalue weighted by atomic mass is 10.1. The molecule has 1 atom stereocenters. The molecule has 1 aliphatic carbocycles. The van der Waals surface area contributed by atoms with Crippen LogP contribution in [0.15, 0.2) is 28.8 Å². The van der Waals surface area contributed by atoms with Gasteiger partial charge in [-0.15, -0.1) is 0 Å². The molecule has 1 N–H and O–H groups in total. The number of nitrogens with one attached hydrogen (secondary N) is 1. The van der Waals surface area contributed by atoms with E-state index in [9.17, 15) is 0 Å². The first-order valence-electron chi connectivity index (χ1n) is 7.67. The van der Waals surface area contributed by atoms with Gasteiger partial charge in [-0.3, -0.25) is 0 Å². The van der Waals surface area contributed by atoms with Crippen LogP contribution in [-0.2, 0) is 12.2 Å². The van der Waals surface area contributed by atoms with Crippen molar-refractivity contribution in [1.82, 2.24) is 10.1 Å². The molecule has 2 aromatic rings. The average Bonchev–Trinajstić information content (AvgIpc) is 3.24. The summed E-state index contributed by atoms with van der Waals surface area (Å²) in [5.41, 5.74) is 2.50. The number of thioether (sulfide) groups is 1. The van der Waals surface area contributed by atoms with E-state index in [1.54, 1.807) is 0 Å². The maximum Gasteiger partial charge on any atom is 0.249 e. The minimum Gasteiger partial charge on any atom is -0.373 e. The summed E-state index contributed by atoms with van der Waals surface area (Å²) in [6.07, 6.45) is 6.36. The monoisotopic (exact) mass is 301 g/mol. The lowest BCUT2D eigenvalue weighted by Gasteiger charge is -2.05. The number of nitrogens with zero attached hydrogens (tertiary/aromatic N) is 2. The maximum absolute atomic E-state index is 5.46. The molecule has 0 bridgehead atoms. The first-order chi connectivity index (χ1) is 10.4. The molecular formula is C16H19N3OS. The van der Waals surface area contributed by atoms with Gasteiger partial charge in [-0.1, -0.05) is 36.2 Å². The van der Waals surface area contributed by atoms with Crippen LogP contribution in [0.4, 0.5) is 5.69 Å². The minimum atomic E-state index is 0.125. The Morgan fingerprint density at radius 3 is 2.95 bits per heavy atom. The molecular weight excluding hydrogens is 282 g/mol. The van der Waals surface area contributed by atoms with Crippen molar-refractivity contribution in [2.75, 3.05) is 5.32 Å². The second kappa shape index (κ2) is 5.72. The lowest BCUT2D eigenvalue weighted by molar-refractivity contribution is 0.360. The van der Waals surface area contributed by atoms with Gasteiger partial charge in [0.15, 0.2) is 5.82 Å². The largest absolute Gasteiger partial charge is 0.373 e. The van der Waals surface area contributed by atoms with E-state index in [1.165, 1.54) is 36.9 Å². The van der Waals surface area contributed by atoms with Crippen molar-refractivity contribution in [1.29, 1.82) is 0 Å². The minimum absolute atomic E-state index is 0.125. The molecule has 4 nitrogen and oxygen atoms in total. The molecule has 1 aliphatic heterocycles. The van der Waals surface area contributed by atoms with E-state index in [-0.39, 0.29) is 6.04 Å². The molecule has 5 heteroatoms. The summed E-state index contributed by atoms with van der Waals surface area (Å²) < 4.78 is 5.46. The predicted molar refractivity (Wildman–Crippen MR) is 84.4 cm³/mol. The smallest absolute Gasteiger partial charge is 0.249 e. The van der Waals surface area contributed by atoms with Gasteiger partial charge in [0.1, 0.15) is 6.04 Å². The van der Waals surface area contributed by atoms with Gasteiger partial charge < -0.3 is 9.84 Å². The lowest BCUT2D eigenvalue weighted by Crippen LogP contribution is -2.06. The van der Waals surface area contributed by atoms with Gasteiger partial charge in [-0.05, 0) is 24.5 Å². The Bertz CT molecular complexity index is 596. The topological polar surface area (TPSA) is 51.0 Å². The van der Waals surface area contributed by atoms with E-state index in [0.717, 1.165) is 23.2 Å². The van der Waals surface area contributed by atoms with Crippen molar-refractivity contribution in [3.8, 4) is 0 Å². The van der Waals surface area contributed by atoms with Gasteiger partial charge in [0, 0.05) is 17.4 Å². The van der Waals surface area contributed by atoms with Crippen molar-refractivity contribution in [2.24, 2.45) is 0 Å². The molecule has 2 aliphatic rings. The molecule has 1 fully saturated rings. The number of hydrogen-bond donors (Lipinski definition) is 1. The average molecular weight is 301 g/mol. The van der Waals surface area contributed by atoms with Gasteiger partial charge in [0.2, 0.25) is 5.89 Å². The summed E-state index contributed by atoms with van der Waals surface area (Å²) in [5.74, 6) is 2.42. The SMILES string of the molecule is c1ccc2c(c1)C[C@@H](c1nc(CSC3CCCC3)no1)N2. The Morgan fingerprint density at radius 2 is 2.10 bits per heavy atom. The van der Waals surface area contributed by atoms with Crippen molar-refractivity contribution in [3.05, 3.63) is 41.5 Å². The number of hydrogen-bond acceptors (Lipinski definition) is 5. The molecule has 4 rings (SSSR count). The summed E-state index contributed by atoms with van der Waals surface area (Å²) in [6, 6.07) is 8.49. The molecule has 1 aromatic heterocycles. The standard InChI is InChI=1S/C16H19N3OS/c1-4-8-13-11(5-1)9-14(17-13)16-18-15(19-20-16)10-21-12-6-2-3-7-12/h1,4-5,8,12,14,17H,2-3,6-7,9-10H2/t14-/m0/s1. The third kappa shape index (κ3) is 2.79. The van der Waals surface area contributed by atoms with Crippen LogP contribution in [0.2, 0.25) is 0 Å². The molecule has 1 aromatic carbocycles. The van der Waals surface area contributed by atoms with Crippen molar-refractivity contribution in [3.63, 3.8) is 0 Å². The van der Waals surface area contributed by atoms with Crippen LogP contribution in [0.1, 0.15) is 49.0 Å². The van der Waals surface area contributed by atoms with Gasteiger partial charge in [-0.25, -0.2) is 0 Å². The van der Waals surface area contributed by atoms with Crippen molar-refractivity contribution >= 4 is 17.4 Å². The van der Waals surface area contributed by atoms with Gasteiger partial charge >= 0.3 is 0 Å². The van der Waals surface area contributed by atoms with Crippen LogP contribution in [0.3, 0.4) is 0 Å². The Hall–Kier alpha value is -1.49. The molecule has 0 amide bonds. The van der Waals surface area contributed by atoms with E-state index in [2.05, 4.69) is 33.7 Å². The van der Waals surface area contributed by atoms with Gasteiger partial charge in [0.25, 0.3) is 0 Å². The summed E-state index contributed by atoms with van der Waals surface area (Å²) in [6.45, 7) is 0. The number of aromatic nitrogens is 2. The van der Waals surface area contributed by atoms with Crippen LogP contribution < -0.4 is 5.32 Å². The highest BCUT2D eigenvalue weighted by Crippen LogP contribution is 2.34. The highest BCUT2D eigenvalue weighted by molar-refractivity contribution is 7.99. The fourth-order valence-corrected chi connectivity index (χ4v) is 4.33. The zero-order valence-electron chi connectivity index (χ0n) is 11.9. The molecule has 21 heavy (non-hydrogen) atoms. The van der Waals surface area contributed by atoms with E-state index < -0.39 is 0 Å². The van der Waals surface area contributed by atoms with Crippen LogP contribution in [0.25, 0.3) is 0 Å². The van der Waals surface area contributed by atoms with Crippen LogP contribution in [-0.4, -0.2) is 15.4 Å². The maximum atomic E-state index is 5.46. The summed E-state index contributed by atoms with van der Waals surface area (Å²) in [4.78, 5) is 4.58. The Kier molecular flexibility index (Phi) is 3.59. The molecule has 0 spiro atoms. The fourth-order valence-electron chi connectivity index (χ4n) is 3.16. The third-order valence-electron chi connectivity index (χ3n) is 4.30. The first-order valence-corrected chi connectivity index (χ1v) is 8.72. The molecule has 0 unspecified atom stereocenters. The van der Waals surface area contributed by atoms with Crippen LogP contribution in [0, 0.1) is 0 Å². The number of benzene rings is 1. The highest BCUT2D eigenvalue weighted by Gasteiger charge is 2.26. The normalized spacial score (nSPS) is 21.4. The molecule has 1 saturated carbocycles. The zero-order valence-corrected chi connectivity index (χ0v) is 12.7. The molecule has 2 heterocycles. The van der Waals surface area contributed by atoms with Gasteiger partial charge in [-0.2, -0.15) is 16.7 Å². The van der Waals surface area contributed by atoms with Crippen molar-refractivity contribution < 1.29 is 4.52 Å². The van der Waals surface area contributed by atoms with E-state index in [1.807, 2.05) is 17.8 Å². The highest BCUT2D eigenvalue weighted by atomic mass is 32.2. The fraction of sp³-hybridized carbons (Fsp3) is 0.500. The quantitative estimate of drug-likeness (QED) is 0.926. The van der Waals surface area contributed by atoms with E-state index >= 15 is 0 Å². The third-order valence-corrected chi connectivity index (χ3v) is 5.67. The predicted octanol–water partition coefficient (Wildman–Crippen LogP) is 3.95. The summed E-state index contributed by atoms with van der Waals surface area (Å²) in [5, 5.41) is 8.39. The Labute approximate surface area is 128 Å². The van der Waals surface area contributed by atoms with Crippen LogP contribution in [0.5, 0.6) is 0 Å². The molecule has 0 radical (unpaired) electrons. The Morgan fingerprint density at radius 1 is 1.24 bits per heavy atom. The van der Waals surface area contributed by atoms with Gasteiger partial charge in [0.05, 0.1) is 5.75 Å². The van der Waals surface area contributed by atoms with E-state index in [0.29, 0.717) is 5.89 Å². The molecule has 0 saturated heterocycles. The number of fused-ring (bicyclic) bond motifs is 1.